The number of aliphatic hydroxyl groups is 2. The molecule has 0 aromatic heterocycles. The molecule has 10 heteroatoms. The third-order valence-corrected chi connectivity index (χ3v) is 3.11. The van der Waals surface area contributed by atoms with Crippen molar-refractivity contribution in [1.82, 2.24) is 0 Å². The second-order valence-corrected chi connectivity index (χ2v) is 6.17. The Morgan fingerprint density at radius 1 is 1.45 bits per heavy atom. The molecule has 0 spiro atoms. The van der Waals surface area contributed by atoms with Crippen LogP contribution in [-0.2, 0) is 23.4 Å². The molecule has 9 nitrogen and oxygen atoms in total. The van der Waals surface area contributed by atoms with Crippen molar-refractivity contribution in [2.75, 3.05) is 13.2 Å². The molecule has 118 valence electrons. The van der Waals surface area contributed by atoms with E-state index in [1.165, 1.54) is 0 Å². The van der Waals surface area contributed by atoms with Crippen molar-refractivity contribution in [1.29, 1.82) is 0 Å². The highest BCUT2D eigenvalue weighted by atomic mass is 31.2. The first-order chi connectivity index (χ1) is 9.00. The zero-order valence-corrected chi connectivity index (χ0v) is 12.0. The van der Waals surface area contributed by atoms with Gasteiger partial charge in [-0.25, -0.2) is 4.57 Å². The molecular weight excluding hydrogens is 295 g/mol. The summed E-state index contributed by atoms with van der Waals surface area (Å²) in [6.45, 7) is 2.60. The predicted octanol–water partition coefficient (Wildman–Crippen LogP) is -1.07. The Morgan fingerprint density at radius 2 is 2.05 bits per heavy atom. The van der Waals surface area contributed by atoms with Gasteiger partial charge in [-0.15, -0.1) is 0 Å². The van der Waals surface area contributed by atoms with E-state index in [0.29, 0.717) is 0 Å². The topological polar surface area (TPSA) is 143 Å². The summed E-state index contributed by atoms with van der Waals surface area (Å²) in [6, 6.07) is 0. The van der Waals surface area contributed by atoms with E-state index >= 15 is 0 Å². The van der Waals surface area contributed by atoms with Crippen LogP contribution in [0, 0.1) is 0 Å². The van der Waals surface area contributed by atoms with Crippen LogP contribution in [0.5, 0.6) is 0 Å². The molecule has 0 unspecified atom stereocenters. The third-order valence-electron chi connectivity index (χ3n) is 2.64. The summed E-state index contributed by atoms with van der Waals surface area (Å²) < 4.78 is 25.0. The Bertz CT molecular complexity index is 390. The van der Waals surface area contributed by atoms with Gasteiger partial charge in [-0.1, -0.05) is 0 Å². The molecule has 1 rings (SSSR count). The van der Waals surface area contributed by atoms with Crippen LogP contribution in [0.25, 0.3) is 0 Å². The second-order valence-electron chi connectivity index (χ2n) is 4.93. The van der Waals surface area contributed by atoms with Crippen LogP contribution in [0.2, 0.25) is 0 Å². The maximum absolute atomic E-state index is 11.4. The van der Waals surface area contributed by atoms with Crippen LogP contribution in [0.4, 0.5) is 0 Å². The number of phosphoric ester groups is 1. The largest absolute Gasteiger partial charge is 0.470 e. The fourth-order valence-corrected chi connectivity index (χ4v) is 2.02. The van der Waals surface area contributed by atoms with Gasteiger partial charge in [0, 0.05) is 6.42 Å². The lowest BCUT2D eigenvalue weighted by Gasteiger charge is -2.21. The fourth-order valence-electron chi connectivity index (χ4n) is 1.73. The molecule has 4 N–H and O–H groups in total. The van der Waals surface area contributed by atoms with Gasteiger partial charge in [0.05, 0.1) is 18.8 Å². The summed E-state index contributed by atoms with van der Waals surface area (Å²) in [5, 5.41) is 19.2. The molecule has 1 fully saturated rings. The Hall–Kier alpha value is -0.380. The average Bonchev–Trinajstić information content (AvgIpc) is 2.63. The van der Waals surface area contributed by atoms with E-state index in [2.05, 4.69) is 4.52 Å². The van der Waals surface area contributed by atoms with Crippen LogP contribution in [0.15, 0.2) is 0 Å². The number of aliphatic hydroxyl groups excluding tert-OH is 2. The first kappa shape index (κ1) is 17.7. The third kappa shape index (κ3) is 5.94. The Kier molecular flexibility index (Phi) is 5.82. The van der Waals surface area contributed by atoms with Crippen molar-refractivity contribution >= 4 is 13.6 Å². The SMILES string of the molecule is CC1(C)OC[C@H](C[C@@H](O)[C@H](O)C(=O)COP(=O)(O)O)O1. The summed E-state index contributed by atoms with van der Waals surface area (Å²) >= 11 is 0. The number of hydrogen-bond acceptors (Lipinski definition) is 7. The molecule has 0 saturated carbocycles. The van der Waals surface area contributed by atoms with Crippen LogP contribution < -0.4 is 0 Å². The number of ether oxygens (including phenoxy) is 2. The first-order valence-electron chi connectivity index (χ1n) is 5.91. The smallest absolute Gasteiger partial charge is 0.390 e. The van der Waals surface area contributed by atoms with Crippen molar-refractivity contribution in [2.45, 2.75) is 44.4 Å². The van der Waals surface area contributed by atoms with Crippen molar-refractivity contribution < 1.29 is 43.4 Å². The molecule has 1 aliphatic rings. The maximum atomic E-state index is 11.4. The van der Waals surface area contributed by atoms with Gasteiger partial charge in [-0.3, -0.25) is 9.32 Å². The van der Waals surface area contributed by atoms with E-state index in [0.717, 1.165) is 0 Å². The van der Waals surface area contributed by atoms with E-state index < -0.39 is 44.3 Å². The molecular formula is C10H19O9P. The van der Waals surface area contributed by atoms with Crippen LogP contribution in [0.3, 0.4) is 0 Å². The van der Waals surface area contributed by atoms with Crippen molar-refractivity contribution in [3.63, 3.8) is 0 Å². The number of rotatable bonds is 7. The van der Waals surface area contributed by atoms with Crippen molar-refractivity contribution in [3.05, 3.63) is 0 Å². The van der Waals surface area contributed by atoms with E-state index in [4.69, 9.17) is 19.3 Å². The normalized spacial score (nSPS) is 25.4. The summed E-state index contributed by atoms with van der Waals surface area (Å²) in [5.74, 6) is -1.82. The maximum Gasteiger partial charge on any atom is 0.470 e. The molecule has 1 saturated heterocycles. The molecule has 3 atom stereocenters. The van der Waals surface area contributed by atoms with Gasteiger partial charge in [0.2, 0.25) is 0 Å². The number of hydrogen-bond donors (Lipinski definition) is 4. The molecule has 0 radical (unpaired) electrons. The highest BCUT2D eigenvalue weighted by molar-refractivity contribution is 7.46. The average molecular weight is 314 g/mol. The van der Waals surface area contributed by atoms with Crippen molar-refractivity contribution in [3.8, 4) is 0 Å². The van der Waals surface area contributed by atoms with Gasteiger partial charge in [-0.2, -0.15) is 0 Å². The van der Waals surface area contributed by atoms with Gasteiger partial charge < -0.3 is 29.5 Å². The summed E-state index contributed by atoms with van der Waals surface area (Å²) in [4.78, 5) is 28.2. The monoisotopic (exact) mass is 314 g/mol. The highest BCUT2D eigenvalue weighted by Crippen LogP contribution is 2.35. The molecule has 0 aromatic rings. The Balaban J connectivity index is 2.41. The van der Waals surface area contributed by atoms with Gasteiger partial charge in [-0.05, 0) is 13.8 Å². The lowest BCUT2D eigenvalue weighted by molar-refractivity contribution is -0.147. The molecule has 0 aliphatic carbocycles. The van der Waals surface area contributed by atoms with Crippen LogP contribution >= 0.6 is 7.82 Å². The number of Topliss-reactive ketones (excluding diaryl/α,β-unsaturated/α-hetero) is 1. The van der Waals surface area contributed by atoms with Crippen LogP contribution in [-0.4, -0.2) is 63.1 Å². The zero-order valence-electron chi connectivity index (χ0n) is 11.1. The van der Waals surface area contributed by atoms with E-state index in [1.54, 1.807) is 13.8 Å². The number of carbonyl (C=O) groups is 1. The number of phosphoric acid groups is 1. The van der Waals surface area contributed by atoms with Gasteiger partial charge in [0.25, 0.3) is 0 Å². The molecule has 1 heterocycles. The molecule has 0 amide bonds. The van der Waals surface area contributed by atoms with E-state index in [9.17, 15) is 19.6 Å². The standard InChI is InChI=1S/C10H19O9P/c1-10(2)17-4-6(19-10)3-7(11)9(13)8(12)5-18-20(14,15)16/h6-7,9,11,13H,3-5H2,1-2H3,(H2,14,15,16)/t6-,7+,9-/m0/s1. The number of ketones is 1. The second kappa shape index (κ2) is 6.59. The Labute approximate surface area is 115 Å². The summed E-state index contributed by atoms with van der Waals surface area (Å²) in [6.07, 6.45) is -3.78. The molecule has 20 heavy (non-hydrogen) atoms. The van der Waals surface area contributed by atoms with Gasteiger partial charge in [0.1, 0.15) is 12.7 Å². The van der Waals surface area contributed by atoms with E-state index in [1.807, 2.05) is 0 Å². The zero-order chi connectivity index (χ0) is 15.6. The van der Waals surface area contributed by atoms with E-state index in [-0.39, 0.29) is 13.0 Å². The lowest BCUT2D eigenvalue weighted by atomic mass is 10.0. The lowest BCUT2D eigenvalue weighted by Crippen LogP contribution is -2.39. The van der Waals surface area contributed by atoms with Crippen LogP contribution in [0.1, 0.15) is 20.3 Å². The minimum atomic E-state index is -4.79. The predicted molar refractivity (Wildman–Crippen MR) is 64.5 cm³/mol. The van der Waals surface area contributed by atoms with Gasteiger partial charge in [0.15, 0.2) is 11.6 Å². The quantitative estimate of drug-likeness (QED) is 0.432. The Morgan fingerprint density at radius 3 is 2.50 bits per heavy atom. The molecule has 1 aliphatic heterocycles. The molecule has 0 bridgehead atoms. The van der Waals surface area contributed by atoms with Gasteiger partial charge >= 0.3 is 7.82 Å². The fraction of sp³-hybridized carbons (Fsp3) is 0.900. The summed E-state index contributed by atoms with van der Waals surface area (Å²) in [5.41, 5.74) is 0. The highest BCUT2D eigenvalue weighted by Gasteiger charge is 2.36. The molecule has 0 aromatic carbocycles. The minimum Gasteiger partial charge on any atom is -0.390 e. The summed E-state index contributed by atoms with van der Waals surface area (Å²) in [7, 11) is -4.79. The first-order valence-corrected chi connectivity index (χ1v) is 7.44. The minimum absolute atomic E-state index is 0.0494. The number of carbonyl (C=O) groups excluding carboxylic acids is 1. The van der Waals surface area contributed by atoms with Crippen molar-refractivity contribution in [2.24, 2.45) is 0 Å².